The van der Waals surface area contributed by atoms with Crippen LogP contribution in [0.2, 0.25) is 0 Å². The molecule has 0 amide bonds. The lowest BCUT2D eigenvalue weighted by Crippen LogP contribution is -2.35. The van der Waals surface area contributed by atoms with Crippen LogP contribution in [0.4, 0.5) is 0 Å². The van der Waals surface area contributed by atoms with E-state index in [4.69, 9.17) is 26.0 Å². The lowest BCUT2D eigenvalue weighted by atomic mass is 10.3. The molecule has 0 unspecified atom stereocenters. The summed E-state index contributed by atoms with van der Waals surface area (Å²) in [7, 11) is 0. The number of carbonyl (C=O) groups is 2. The Balaban J connectivity index is 0. The standard InChI is InChI=1S/C7H13NO2.C6H11NO2.C3H8O.ClH/c1-5(2)10-6(9)7(8)3-4-7;1-2-9-5(8)6(7)3-4-6;1-3(2)4;/h5H,3-4,8H2,1-2H3;2-4,7H2,1H3;3-4H,1-2H3;1H. The SMILES string of the molecule is CC(C)O.CC(C)OC(=O)C1(N)CC1.CCOC(=O)C1(N)CC1.Cl. The number of aliphatic hydroxyl groups excluding tert-OH is 1. The number of halogens is 1. The van der Waals surface area contributed by atoms with Crippen molar-refractivity contribution >= 4 is 24.3 Å². The number of carbonyl (C=O) groups excluding carboxylic acids is 2. The van der Waals surface area contributed by atoms with Crippen LogP contribution in [0.15, 0.2) is 0 Å². The maximum absolute atomic E-state index is 11.0. The highest BCUT2D eigenvalue weighted by Crippen LogP contribution is 2.33. The molecule has 0 aliphatic heterocycles. The van der Waals surface area contributed by atoms with Crippen LogP contribution in [0.25, 0.3) is 0 Å². The van der Waals surface area contributed by atoms with Crippen molar-refractivity contribution in [3.8, 4) is 0 Å². The molecular formula is C16H33ClN2O5. The van der Waals surface area contributed by atoms with Gasteiger partial charge in [-0.25, -0.2) is 0 Å². The molecule has 0 atom stereocenters. The van der Waals surface area contributed by atoms with E-state index in [0.717, 1.165) is 25.7 Å². The largest absolute Gasteiger partial charge is 0.465 e. The van der Waals surface area contributed by atoms with Gasteiger partial charge in [-0.05, 0) is 60.3 Å². The molecule has 7 nitrogen and oxygen atoms in total. The van der Waals surface area contributed by atoms with Crippen molar-refractivity contribution in [2.45, 2.75) is 83.6 Å². The molecule has 24 heavy (non-hydrogen) atoms. The van der Waals surface area contributed by atoms with Crippen LogP contribution >= 0.6 is 12.4 Å². The maximum Gasteiger partial charge on any atom is 0.326 e. The minimum atomic E-state index is -0.621. The third-order valence-corrected chi connectivity index (χ3v) is 3.01. The van der Waals surface area contributed by atoms with Gasteiger partial charge >= 0.3 is 11.9 Å². The molecule has 2 aliphatic rings. The summed E-state index contributed by atoms with van der Waals surface area (Å²) in [6.45, 7) is 9.30. The van der Waals surface area contributed by atoms with Gasteiger partial charge in [0.25, 0.3) is 0 Å². The van der Waals surface area contributed by atoms with Crippen molar-refractivity contribution in [2.75, 3.05) is 6.61 Å². The summed E-state index contributed by atoms with van der Waals surface area (Å²) < 4.78 is 9.62. The zero-order valence-corrected chi connectivity index (χ0v) is 16.1. The van der Waals surface area contributed by atoms with E-state index in [1.54, 1.807) is 20.8 Å². The Bertz CT molecular complexity index is 391. The minimum Gasteiger partial charge on any atom is -0.465 e. The minimum absolute atomic E-state index is 0. The lowest BCUT2D eigenvalue weighted by molar-refractivity contribution is -0.150. The molecule has 5 N–H and O–H groups in total. The normalized spacial score (nSPS) is 18.1. The van der Waals surface area contributed by atoms with E-state index in [9.17, 15) is 9.59 Å². The van der Waals surface area contributed by atoms with E-state index in [1.165, 1.54) is 0 Å². The van der Waals surface area contributed by atoms with Gasteiger partial charge < -0.3 is 26.0 Å². The molecule has 144 valence electrons. The Hall–Kier alpha value is -0.890. The number of aliphatic hydroxyl groups is 1. The van der Waals surface area contributed by atoms with E-state index in [0.29, 0.717) is 6.61 Å². The van der Waals surface area contributed by atoms with E-state index < -0.39 is 11.1 Å². The van der Waals surface area contributed by atoms with Gasteiger partial charge in [0.15, 0.2) is 0 Å². The first-order chi connectivity index (χ1) is 10.5. The number of esters is 2. The fraction of sp³-hybridized carbons (Fsp3) is 0.875. The summed E-state index contributed by atoms with van der Waals surface area (Å²) in [5.41, 5.74) is 9.84. The van der Waals surface area contributed by atoms with Crippen LogP contribution < -0.4 is 11.5 Å². The first kappa shape index (κ1) is 25.4. The number of ether oxygens (including phenoxy) is 2. The van der Waals surface area contributed by atoms with Crippen LogP contribution in [-0.2, 0) is 19.1 Å². The maximum atomic E-state index is 11.0. The molecule has 0 radical (unpaired) electrons. The number of hydrogen-bond acceptors (Lipinski definition) is 7. The van der Waals surface area contributed by atoms with Crippen LogP contribution in [-0.4, -0.2) is 46.9 Å². The van der Waals surface area contributed by atoms with Gasteiger partial charge in [0.2, 0.25) is 0 Å². The molecule has 2 rings (SSSR count). The van der Waals surface area contributed by atoms with Gasteiger partial charge in [-0.1, -0.05) is 0 Å². The van der Waals surface area contributed by atoms with Crippen molar-refractivity contribution in [1.82, 2.24) is 0 Å². The lowest BCUT2D eigenvalue weighted by Gasteiger charge is -2.11. The van der Waals surface area contributed by atoms with Gasteiger partial charge in [-0.3, -0.25) is 9.59 Å². The fourth-order valence-electron chi connectivity index (χ4n) is 1.28. The Morgan fingerprint density at radius 3 is 1.58 bits per heavy atom. The predicted octanol–water partition coefficient (Wildman–Crippen LogP) is 1.28. The van der Waals surface area contributed by atoms with Crippen molar-refractivity contribution in [2.24, 2.45) is 11.5 Å². The van der Waals surface area contributed by atoms with E-state index >= 15 is 0 Å². The molecule has 0 aromatic heterocycles. The highest BCUT2D eigenvalue weighted by Gasteiger charge is 2.48. The van der Waals surface area contributed by atoms with Crippen molar-refractivity contribution in [3.63, 3.8) is 0 Å². The predicted molar refractivity (Wildman–Crippen MR) is 94.8 cm³/mol. The topological polar surface area (TPSA) is 125 Å². The summed E-state index contributed by atoms with van der Waals surface area (Å²) in [5.74, 6) is -0.493. The number of hydrogen-bond donors (Lipinski definition) is 3. The molecule has 8 heteroatoms. The molecule has 0 saturated heterocycles. The highest BCUT2D eigenvalue weighted by molar-refractivity contribution is 5.85. The van der Waals surface area contributed by atoms with Crippen LogP contribution in [0.5, 0.6) is 0 Å². The Morgan fingerprint density at radius 2 is 1.33 bits per heavy atom. The van der Waals surface area contributed by atoms with Crippen LogP contribution in [0.3, 0.4) is 0 Å². The molecule has 2 saturated carbocycles. The van der Waals surface area contributed by atoms with Gasteiger partial charge in [-0.2, -0.15) is 0 Å². The molecule has 0 aromatic rings. The second-order valence-corrected chi connectivity index (χ2v) is 6.58. The molecule has 0 spiro atoms. The molecule has 0 bridgehead atoms. The first-order valence-electron chi connectivity index (χ1n) is 8.11. The average Bonchev–Trinajstić information content (AvgIpc) is 3.30. The van der Waals surface area contributed by atoms with E-state index in [1.807, 2.05) is 13.8 Å². The van der Waals surface area contributed by atoms with Crippen LogP contribution in [0, 0.1) is 0 Å². The first-order valence-corrected chi connectivity index (χ1v) is 8.11. The molecule has 2 aliphatic carbocycles. The van der Waals surface area contributed by atoms with Crippen LogP contribution in [0.1, 0.15) is 60.3 Å². The van der Waals surface area contributed by atoms with E-state index in [-0.39, 0.29) is 36.6 Å². The highest BCUT2D eigenvalue weighted by atomic mass is 35.5. The third-order valence-electron chi connectivity index (χ3n) is 3.01. The quantitative estimate of drug-likeness (QED) is 0.638. The second-order valence-electron chi connectivity index (χ2n) is 6.58. The van der Waals surface area contributed by atoms with E-state index in [2.05, 4.69) is 0 Å². The van der Waals surface area contributed by atoms with Crippen molar-refractivity contribution < 1.29 is 24.2 Å². The van der Waals surface area contributed by atoms with Crippen molar-refractivity contribution in [1.29, 1.82) is 0 Å². The summed E-state index contributed by atoms with van der Waals surface area (Å²) in [4.78, 5) is 21.8. The Kier molecular flexibility index (Phi) is 11.5. The van der Waals surface area contributed by atoms with Gasteiger partial charge in [0, 0.05) is 6.10 Å². The molecular weight excluding hydrogens is 336 g/mol. The van der Waals surface area contributed by atoms with Crippen molar-refractivity contribution in [3.05, 3.63) is 0 Å². The van der Waals surface area contributed by atoms with Gasteiger partial charge in [-0.15, -0.1) is 12.4 Å². The summed E-state index contributed by atoms with van der Waals surface area (Å²) in [6.07, 6.45) is 2.91. The second kappa shape index (κ2) is 10.9. The summed E-state index contributed by atoms with van der Waals surface area (Å²) in [5, 5.41) is 8.06. The zero-order valence-electron chi connectivity index (χ0n) is 15.3. The summed E-state index contributed by atoms with van der Waals surface area (Å²) >= 11 is 0. The third kappa shape index (κ3) is 10.8. The molecule has 0 heterocycles. The molecule has 0 aromatic carbocycles. The smallest absolute Gasteiger partial charge is 0.326 e. The number of nitrogens with two attached hydrogens (primary N) is 2. The van der Waals surface area contributed by atoms with Gasteiger partial charge in [0.05, 0.1) is 12.7 Å². The monoisotopic (exact) mass is 368 g/mol. The Morgan fingerprint density at radius 1 is 1.00 bits per heavy atom. The zero-order chi connectivity index (χ0) is 18.3. The number of rotatable bonds is 4. The Labute approximate surface area is 150 Å². The summed E-state index contributed by atoms with van der Waals surface area (Å²) in [6, 6.07) is 0. The molecule has 2 fully saturated rings. The fourth-order valence-corrected chi connectivity index (χ4v) is 1.28. The van der Waals surface area contributed by atoms with Gasteiger partial charge in [0.1, 0.15) is 11.1 Å². The average molecular weight is 369 g/mol.